The Balaban J connectivity index is 1.82. The lowest BCUT2D eigenvalue weighted by Crippen LogP contribution is -2.29. The van der Waals surface area contributed by atoms with Gasteiger partial charge in [-0.2, -0.15) is 0 Å². The maximum absolute atomic E-state index is 13.0. The Morgan fingerprint density at radius 3 is 3.00 bits per heavy atom. The van der Waals surface area contributed by atoms with Gasteiger partial charge in [-0.25, -0.2) is 4.39 Å². The summed E-state index contributed by atoms with van der Waals surface area (Å²) in [6, 6.07) is 6.36. The Hall–Kier alpha value is -1.42. The van der Waals surface area contributed by atoms with Gasteiger partial charge >= 0.3 is 0 Å². The van der Waals surface area contributed by atoms with Gasteiger partial charge in [0.15, 0.2) is 0 Å². The lowest BCUT2D eigenvalue weighted by Gasteiger charge is -2.16. The van der Waals surface area contributed by atoms with Gasteiger partial charge in [0, 0.05) is 32.0 Å². The van der Waals surface area contributed by atoms with E-state index in [-0.39, 0.29) is 24.2 Å². The van der Waals surface area contributed by atoms with E-state index in [1.54, 1.807) is 11.0 Å². The number of likely N-dealkylation sites (tertiary alicyclic amines) is 1. The second-order valence-electron chi connectivity index (χ2n) is 4.81. The average Bonchev–Trinajstić information content (AvgIpc) is 2.85. The van der Waals surface area contributed by atoms with Crippen LogP contribution < -0.4 is 0 Å². The van der Waals surface area contributed by atoms with Crippen LogP contribution in [0.1, 0.15) is 18.4 Å². The molecule has 1 fully saturated rings. The molecule has 4 heteroatoms. The Morgan fingerprint density at radius 2 is 2.33 bits per heavy atom. The predicted octanol–water partition coefficient (Wildman–Crippen LogP) is 1.60. The van der Waals surface area contributed by atoms with Crippen molar-refractivity contribution >= 4 is 5.91 Å². The molecule has 0 bridgehead atoms. The zero-order chi connectivity index (χ0) is 13.0. The summed E-state index contributed by atoms with van der Waals surface area (Å²) in [5, 5.41) is 9.02. The fourth-order valence-electron chi connectivity index (χ4n) is 2.31. The summed E-state index contributed by atoms with van der Waals surface area (Å²) < 4.78 is 13.0. The number of aryl methyl sites for hydroxylation is 1. The van der Waals surface area contributed by atoms with Crippen LogP contribution in [0.15, 0.2) is 24.3 Å². The van der Waals surface area contributed by atoms with Gasteiger partial charge < -0.3 is 10.0 Å². The summed E-state index contributed by atoms with van der Waals surface area (Å²) in [5.74, 6) is 0.0554. The first-order chi connectivity index (χ1) is 8.69. The highest BCUT2D eigenvalue weighted by atomic mass is 19.1. The minimum Gasteiger partial charge on any atom is -0.396 e. The van der Waals surface area contributed by atoms with E-state index in [1.165, 1.54) is 12.1 Å². The number of aliphatic hydroxyl groups is 1. The third-order valence-corrected chi connectivity index (χ3v) is 3.41. The van der Waals surface area contributed by atoms with Crippen LogP contribution in [0.5, 0.6) is 0 Å². The highest BCUT2D eigenvalue weighted by molar-refractivity contribution is 5.76. The molecule has 1 aliphatic heterocycles. The van der Waals surface area contributed by atoms with E-state index in [4.69, 9.17) is 5.11 Å². The van der Waals surface area contributed by atoms with Gasteiger partial charge in [0.25, 0.3) is 0 Å². The summed E-state index contributed by atoms with van der Waals surface area (Å²) in [7, 11) is 0. The maximum atomic E-state index is 13.0. The molecule has 1 saturated heterocycles. The highest BCUT2D eigenvalue weighted by Gasteiger charge is 2.25. The summed E-state index contributed by atoms with van der Waals surface area (Å²) in [4.78, 5) is 13.7. The van der Waals surface area contributed by atoms with Crippen molar-refractivity contribution in [1.82, 2.24) is 4.90 Å². The number of rotatable bonds is 4. The summed E-state index contributed by atoms with van der Waals surface area (Å²) in [6.45, 7) is 1.53. The van der Waals surface area contributed by atoms with Crippen LogP contribution in [0.2, 0.25) is 0 Å². The first-order valence-electron chi connectivity index (χ1n) is 6.32. The molecule has 1 N–H and O–H groups in total. The lowest BCUT2D eigenvalue weighted by atomic mass is 10.1. The second-order valence-corrected chi connectivity index (χ2v) is 4.81. The topological polar surface area (TPSA) is 40.5 Å². The number of carbonyl (C=O) groups is 1. The van der Waals surface area contributed by atoms with E-state index in [0.29, 0.717) is 19.4 Å². The van der Waals surface area contributed by atoms with E-state index in [0.717, 1.165) is 18.5 Å². The zero-order valence-electron chi connectivity index (χ0n) is 10.3. The van der Waals surface area contributed by atoms with Gasteiger partial charge in [-0.05, 0) is 30.5 Å². The molecule has 1 atom stereocenters. The molecule has 1 amide bonds. The first kappa shape index (κ1) is 13.0. The fourth-order valence-corrected chi connectivity index (χ4v) is 2.31. The van der Waals surface area contributed by atoms with E-state index in [2.05, 4.69) is 0 Å². The zero-order valence-corrected chi connectivity index (χ0v) is 10.3. The number of hydrogen-bond donors (Lipinski definition) is 1. The average molecular weight is 251 g/mol. The van der Waals surface area contributed by atoms with Gasteiger partial charge in [-0.3, -0.25) is 4.79 Å². The third kappa shape index (κ3) is 3.29. The SMILES string of the molecule is O=C(CCc1cccc(F)c1)N1CC[C@@H](CO)C1. The molecule has 1 aromatic carbocycles. The quantitative estimate of drug-likeness (QED) is 0.883. The number of nitrogens with zero attached hydrogens (tertiary/aromatic N) is 1. The van der Waals surface area contributed by atoms with E-state index >= 15 is 0 Å². The van der Waals surface area contributed by atoms with Crippen LogP contribution in [0.4, 0.5) is 4.39 Å². The standard InChI is InChI=1S/C14H18FNO2/c15-13-3-1-2-11(8-13)4-5-14(18)16-7-6-12(9-16)10-17/h1-3,8,12,17H,4-7,9-10H2/t12-/m1/s1. The molecule has 0 radical (unpaired) electrons. The molecule has 1 heterocycles. The van der Waals surface area contributed by atoms with Gasteiger partial charge in [-0.15, -0.1) is 0 Å². The minimum atomic E-state index is -0.263. The normalized spacial score (nSPS) is 19.2. The molecule has 2 rings (SSSR count). The number of hydrogen-bond acceptors (Lipinski definition) is 2. The Morgan fingerprint density at radius 1 is 1.50 bits per heavy atom. The Labute approximate surface area is 106 Å². The molecule has 1 aliphatic rings. The number of carbonyl (C=O) groups excluding carboxylic acids is 1. The van der Waals surface area contributed by atoms with Crippen molar-refractivity contribution < 1.29 is 14.3 Å². The fraction of sp³-hybridized carbons (Fsp3) is 0.500. The van der Waals surface area contributed by atoms with Crippen molar-refractivity contribution in [1.29, 1.82) is 0 Å². The molecule has 3 nitrogen and oxygen atoms in total. The summed E-state index contributed by atoms with van der Waals surface area (Å²) in [5.41, 5.74) is 0.848. The van der Waals surface area contributed by atoms with Crippen LogP contribution in [0.25, 0.3) is 0 Å². The molecule has 18 heavy (non-hydrogen) atoms. The van der Waals surface area contributed by atoms with Crippen LogP contribution in [-0.4, -0.2) is 35.6 Å². The van der Waals surface area contributed by atoms with Crippen LogP contribution in [0, 0.1) is 11.7 Å². The monoisotopic (exact) mass is 251 g/mol. The van der Waals surface area contributed by atoms with Gasteiger partial charge in [0.1, 0.15) is 5.82 Å². The first-order valence-corrected chi connectivity index (χ1v) is 6.32. The van der Waals surface area contributed by atoms with Crippen molar-refractivity contribution in [2.24, 2.45) is 5.92 Å². The largest absolute Gasteiger partial charge is 0.396 e. The van der Waals surface area contributed by atoms with E-state index < -0.39 is 0 Å². The molecule has 0 spiro atoms. The second kappa shape index (κ2) is 5.96. The summed E-state index contributed by atoms with van der Waals surface area (Å²) >= 11 is 0. The summed E-state index contributed by atoms with van der Waals surface area (Å²) in [6.07, 6.45) is 1.85. The highest BCUT2D eigenvalue weighted by Crippen LogP contribution is 2.17. The number of amides is 1. The molecular formula is C14H18FNO2. The number of aliphatic hydroxyl groups excluding tert-OH is 1. The predicted molar refractivity (Wildman–Crippen MR) is 66.5 cm³/mol. The number of benzene rings is 1. The van der Waals surface area contributed by atoms with E-state index in [1.807, 2.05) is 6.07 Å². The molecule has 1 aromatic rings. The van der Waals surface area contributed by atoms with Crippen molar-refractivity contribution in [2.45, 2.75) is 19.3 Å². The molecule has 0 aromatic heterocycles. The smallest absolute Gasteiger partial charge is 0.222 e. The molecule has 0 unspecified atom stereocenters. The maximum Gasteiger partial charge on any atom is 0.222 e. The van der Waals surface area contributed by atoms with Gasteiger partial charge in [0.05, 0.1) is 0 Å². The Kier molecular flexibility index (Phi) is 4.31. The molecule has 0 saturated carbocycles. The van der Waals surface area contributed by atoms with Crippen molar-refractivity contribution in [3.8, 4) is 0 Å². The minimum absolute atomic E-state index is 0.0928. The molecular weight excluding hydrogens is 233 g/mol. The van der Waals surface area contributed by atoms with Crippen LogP contribution >= 0.6 is 0 Å². The van der Waals surface area contributed by atoms with Crippen LogP contribution in [-0.2, 0) is 11.2 Å². The third-order valence-electron chi connectivity index (χ3n) is 3.41. The van der Waals surface area contributed by atoms with Gasteiger partial charge in [0.2, 0.25) is 5.91 Å². The number of halogens is 1. The van der Waals surface area contributed by atoms with Crippen molar-refractivity contribution in [2.75, 3.05) is 19.7 Å². The molecule has 98 valence electrons. The van der Waals surface area contributed by atoms with Crippen molar-refractivity contribution in [3.63, 3.8) is 0 Å². The van der Waals surface area contributed by atoms with E-state index in [9.17, 15) is 9.18 Å². The molecule has 0 aliphatic carbocycles. The van der Waals surface area contributed by atoms with Crippen LogP contribution in [0.3, 0.4) is 0 Å². The van der Waals surface area contributed by atoms with Gasteiger partial charge in [-0.1, -0.05) is 12.1 Å². The van der Waals surface area contributed by atoms with Crippen molar-refractivity contribution in [3.05, 3.63) is 35.6 Å². The Bertz CT molecular complexity index is 422. The lowest BCUT2D eigenvalue weighted by molar-refractivity contribution is -0.130.